The molecule has 2 aliphatic rings. The third-order valence-electron chi connectivity index (χ3n) is 5.08. The molecule has 2 aliphatic heterocycles. The molecule has 2 heterocycles. The van der Waals surface area contributed by atoms with Gasteiger partial charge in [0.25, 0.3) is 0 Å². The average Bonchev–Trinajstić information content (AvgIpc) is 3.12. The zero-order chi connectivity index (χ0) is 19.4. The number of carbonyl (C=O) groups excluding carboxylic acids is 2. The SMILES string of the molecule is O=C(O)[C@H]1[C@@H](C(=O)N2CC[C@@H](F)C2)CCCN1C(=O)OCc1ccccc1. The Morgan fingerprint density at radius 3 is 2.52 bits per heavy atom. The summed E-state index contributed by atoms with van der Waals surface area (Å²) in [5.41, 5.74) is 0.786. The van der Waals surface area contributed by atoms with E-state index in [4.69, 9.17) is 4.74 Å². The highest BCUT2D eigenvalue weighted by Gasteiger charge is 2.45. The Labute approximate surface area is 156 Å². The summed E-state index contributed by atoms with van der Waals surface area (Å²) in [6.45, 7) is 0.498. The Balaban J connectivity index is 1.69. The Morgan fingerprint density at radius 2 is 1.89 bits per heavy atom. The van der Waals surface area contributed by atoms with Crippen molar-refractivity contribution in [3.05, 3.63) is 35.9 Å². The second-order valence-corrected chi connectivity index (χ2v) is 6.94. The third-order valence-corrected chi connectivity index (χ3v) is 5.08. The molecule has 0 aromatic heterocycles. The maximum absolute atomic E-state index is 13.4. The molecule has 2 fully saturated rings. The van der Waals surface area contributed by atoms with Crippen LogP contribution < -0.4 is 0 Å². The van der Waals surface area contributed by atoms with Crippen molar-refractivity contribution in [2.75, 3.05) is 19.6 Å². The number of amides is 2. The third kappa shape index (κ3) is 4.37. The largest absolute Gasteiger partial charge is 0.480 e. The number of alkyl halides is 1. The van der Waals surface area contributed by atoms with E-state index in [1.165, 1.54) is 4.90 Å². The van der Waals surface area contributed by atoms with E-state index in [0.29, 0.717) is 12.8 Å². The fraction of sp³-hybridized carbons (Fsp3) is 0.526. The summed E-state index contributed by atoms with van der Waals surface area (Å²) in [4.78, 5) is 39.5. The molecule has 1 N–H and O–H groups in total. The number of carboxylic acid groups (broad SMARTS) is 1. The van der Waals surface area contributed by atoms with E-state index >= 15 is 0 Å². The van der Waals surface area contributed by atoms with Crippen molar-refractivity contribution in [3.8, 4) is 0 Å². The first-order chi connectivity index (χ1) is 13.0. The molecule has 146 valence electrons. The molecule has 2 saturated heterocycles. The molecule has 1 aromatic carbocycles. The first-order valence-electron chi connectivity index (χ1n) is 9.10. The maximum Gasteiger partial charge on any atom is 0.410 e. The fourth-order valence-electron chi connectivity index (χ4n) is 3.72. The van der Waals surface area contributed by atoms with Gasteiger partial charge in [-0.15, -0.1) is 0 Å². The quantitative estimate of drug-likeness (QED) is 0.867. The molecule has 1 aromatic rings. The van der Waals surface area contributed by atoms with Crippen molar-refractivity contribution in [2.45, 2.75) is 38.1 Å². The number of piperidine rings is 1. The summed E-state index contributed by atoms with van der Waals surface area (Å²) in [5.74, 6) is -2.53. The predicted octanol–water partition coefficient (Wildman–Crippen LogP) is 2.06. The van der Waals surface area contributed by atoms with Crippen molar-refractivity contribution in [1.29, 1.82) is 0 Å². The van der Waals surface area contributed by atoms with Gasteiger partial charge in [-0.05, 0) is 24.8 Å². The van der Waals surface area contributed by atoms with Crippen molar-refractivity contribution in [2.24, 2.45) is 5.92 Å². The molecule has 8 heteroatoms. The molecule has 0 bridgehead atoms. The van der Waals surface area contributed by atoms with Gasteiger partial charge in [-0.25, -0.2) is 14.0 Å². The Morgan fingerprint density at radius 1 is 1.15 bits per heavy atom. The van der Waals surface area contributed by atoms with Crippen LogP contribution in [-0.2, 0) is 20.9 Å². The molecular weight excluding hydrogens is 355 g/mol. The Bertz CT molecular complexity index is 699. The lowest BCUT2D eigenvalue weighted by atomic mass is 9.88. The molecule has 3 rings (SSSR count). The number of halogens is 1. The minimum atomic E-state index is -1.30. The number of benzene rings is 1. The van der Waals surface area contributed by atoms with Crippen LogP contribution in [0.1, 0.15) is 24.8 Å². The minimum Gasteiger partial charge on any atom is -0.480 e. The molecule has 7 nitrogen and oxygen atoms in total. The van der Waals surface area contributed by atoms with Crippen LogP contribution in [0.25, 0.3) is 0 Å². The minimum absolute atomic E-state index is 0.0138. The number of carboxylic acids is 1. The summed E-state index contributed by atoms with van der Waals surface area (Å²) < 4.78 is 18.7. The summed E-state index contributed by atoms with van der Waals surface area (Å²) in [6.07, 6.45) is -0.723. The topological polar surface area (TPSA) is 87.2 Å². The molecule has 0 radical (unpaired) electrons. The number of ether oxygens (including phenoxy) is 1. The molecule has 27 heavy (non-hydrogen) atoms. The van der Waals surface area contributed by atoms with Gasteiger partial charge in [0.2, 0.25) is 5.91 Å². The van der Waals surface area contributed by atoms with Crippen molar-refractivity contribution in [3.63, 3.8) is 0 Å². The van der Waals surface area contributed by atoms with E-state index in [0.717, 1.165) is 10.5 Å². The molecule has 0 saturated carbocycles. The van der Waals surface area contributed by atoms with Crippen LogP contribution in [0.15, 0.2) is 30.3 Å². The van der Waals surface area contributed by atoms with Gasteiger partial charge in [0.05, 0.1) is 12.5 Å². The van der Waals surface area contributed by atoms with E-state index in [1.54, 1.807) is 12.1 Å². The van der Waals surface area contributed by atoms with Crippen LogP contribution in [0.3, 0.4) is 0 Å². The molecule has 2 amide bonds. The standard InChI is InChI=1S/C19H23FN2O5/c20-14-8-10-21(11-14)17(23)15-7-4-9-22(16(15)18(24)25)19(26)27-12-13-5-2-1-3-6-13/h1-3,5-6,14-16H,4,7-12H2,(H,24,25)/t14-,15+,16-/m1/s1. The van der Waals surface area contributed by atoms with Gasteiger partial charge >= 0.3 is 12.1 Å². The van der Waals surface area contributed by atoms with Crippen molar-refractivity contribution >= 4 is 18.0 Å². The van der Waals surface area contributed by atoms with E-state index in [9.17, 15) is 23.9 Å². The Hall–Kier alpha value is -2.64. The smallest absolute Gasteiger partial charge is 0.410 e. The molecule has 0 unspecified atom stereocenters. The van der Waals surface area contributed by atoms with Gasteiger partial charge in [0.15, 0.2) is 0 Å². The summed E-state index contributed by atoms with van der Waals surface area (Å²) in [7, 11) is 0. The van der Waals surface area contributed by atoms with Crippen molar-refractivity contribution < 1.29 is 28.6 Å². The average molecular weight is 378 g/mol. The number of nitrogens with zero attached hydrogens (tertiary/aromatic N) is 2. The van der Waals surface area contributed by atoms with E-state index in [1.807, 2.05) is 18.2 Å². The number of aliphatic carboxylic acids is 1. The lowest BCUT2D eigenvalue weighted by Crippen LogP contribution is -2.56. The number of hydrogen-bond acceptors (Lipinski definition) is 4. The van der Waals surface area contributed by atoms with Crippen LogP contribution in [0.5, 0.6) is 0 Å². The fourth-order valence-corrected chi connectivity index (χ4v) is 3.72. The lowest BCUT2D eigenvalue weighted by molar-refractivity contribution is -0.153. The molecule has 0 spiro atoms. The zero-order valence-corrected chi connectivity index (χ0v) is 14.9. The summed E-state index contributed by atoms with van der Waals surface area (Å²) in [5, 5.41) is 9.66. The van der Waals surface area contributed by atoms with E-state index < -0.39 is 36.1 Å². The van der Waals surface area contributed by atoms with Gasteiger partial charge in [-0.1, -0.05) is 30.3 Å². The molecule has 0 aliphatic carbocycles. The normalized spacial score (nSPS) is 25.3. The summed E-state index contributed by atoms with van der Waals surface area (Å²) >= 11 is 0. The van der Waals surface area contributed by atoms with Crippen molar-refractivity contribution in [1.82, 2.24) is 9.80 Å². The monoisotopic (exact) mass is 378 g/mol. The molecular formula is C19H23FN2O5. The van der Waals surface area contributed by atoms with Crippen LogP contribution in [0.4, 0.5) is 9.18 Å². The van der Waals surface area contributed by atoms with Gasteiger partial charge in [-0.2, -0.15) is 0 Å². The van der Waals surface area contributed by atoms with Crippen LogP contribution >= 0.6 is 0 Å². The van der Waals surface area contributed by atoms with Crippen LogP contribution in [0, 0.1) is 5.92 Å². The first-order valence-corrected chi connectivity index (χ1v) is 9.10. The van der Waals surface area contributed by atoms with Crippen LogP contribution in [0.2, 0.25) is 0 Å². The first kappa shape index (κ1) is 19.1. The van der Waals surface area contributed by atoms with E-state index in [-0.39, 0.29) is 32.7 Å². The van der Waals surface area contributed by atoms with Gasteiger partial charge in [0, 0.05) is 13.1 Å². The highest BCUT2D eigenvalue weighted by Crippen LogP contribution is 2.28. The number of carbonyl (C=O) groups is 3. The summed E-state index contributed by atoms with van der Waals surface area (Å²) in [6, 6.07) is 7.76. The lowest BCUT2D eigenvalue weighted by Gasteiger charge is -2.38. The van der Waals surface area contributed by atoms with Gasteiger partial charge in [0.1, 0.15) is 18.8 Å². The highest BCUT2D eigenvalue weighted by molar-refractivity contribution is 5.89. The second-order valence-electron chi connectivity index (χ2n) is 6.94. The maximum atomic E-state index is 13.4. The highest BCUT2D eigenvalue weighted by atomic mass is 19.1. The predicted molar refractivity (Wildman–Crippen MR) is 93.6 cm³/mol. The Kier molecular flexibility index (Phi) is 5.93. The molecule has 3 atom stereocenters. The number of likely N-dealkylation sites (tertiary alicyclic amines) is 2. The zero-order valence-electron chi connectivity index (χ0n) is 14.9. The second kappa shape index (κ2) is 8.37. The number of rotatable bonds is 4. The van der Waals surface area contributed by atoms with E-state index in [2.05, 4.69) is 0 Å². The van der Waals surface area contributed by atoms with Crippen LogP contribution in [-0.4, -0.2) is 64.7 Å². The van der Waals surface area contributed by atoms with Gasteiger partial charge < -0.3 is 14.7 Å². The number of hydrogen-bond donors (Lipinski definition) is 1. The van der Waals surface area contributed by atoms with Gasteiger partial charge in [-0.3, -0.25) is 9.69 Å².